The lowest BCUT2D eigenvalue weighted by atomic mass is 9.98. The summed E-state index contributed by atoms with van der Waals surface area (Å²) in [7, 11) is 0. The Morgan fingerprint density at radius 1 is 1.21 bits per heavy atom. The van der Waals surface area contributed by atoms with Crippen molar-refractivity contribution in [1.29, 1.82) is 0 Å². The fourth-order valence-electron chi connectivity index (χ4n) is 2.43. The van der Waals surface area contributed by atoms with Crippen molar-refractivity contribution in [3.63, 3.8) is 0 Å². The van der Waals surface area contributed by atoms with Crippen molar-refractivity contribution in [2.24, 2.45) is 0 Å². The molecule has 1 aliphatic rings. The van der Waals surface area contributed by atoms with Crippen LogP contribution in [0.2, 0.25) is 0 Å². The van der Waals surface area contributed by atoms with Crippen molar-refractivity contribution in [2.45, 2.75) is 50.5 Å². The van der Waals surface area contributed by atoms with Gasteiger partial charge in [0.25, 0.3) is 0 Å². The quantitative estimate of drug-likeness (QED) is 0.621. The Balaban J connectivity index is 2.20. The van der Waals surface area contributed by atoms with E-state index in [1.807, 2.05) is 6.92 Å². The van der Waals surface area contributed by atoms with Crippen LogP contribution in [0.25, 0.3) is 0 Å². The first-order chi connectivity index (χ1) is 9.24. The Labute approximate surface area is 132 Å². The molecule has 0 bridgehead atoms. The summed E-state index contributed by atoms with van der Waals surface area (Å²) in [5.74, 6) is 1.70. The first-order valence-corrected chi connectivity index (χ1v) is 8.84. The summed E-state index contributed by atoms with van der Waals surface area (Å²) < 4.78 is 12.9. The Bertz CT molecular complexity index is 415. The zero-order valence-electron chi connectivity index (χ0n) is 11.3. The van der Waals surface area contributed by atoms with E-state index >= 15 is 0 Å². The normalized spacial score (nSPS) is 16.4. The van der Waals surface area contributed by atoms with Crippen molar-refractivity contribution in [3.8, 4) is 11.5 Å². The average molecular weight is 392 g/mol. The molecule has 19 heavy (non-hydrogen) atoms. The molecule has 1 aromatic carbocycles. The highest BCUT2D eigenvalue weighted by atomic mass is 79.9. The minimum atomic E-state index is 0.332. The second-order valence-electron chi connectivity index (χ2n) is 4.85. The van der Waals surface area contributed by atoms with Crippen LogP contribution in [-0.2, 0) is 5.33 Å². The zero-order chi connectivity index (χ0) is 13.7. The van der Waals surface area contributed by atoms with E-state index in [-0.39, 0.29) is 0 Å². The lowest BCUT2D eigenvalue weighted by Gasteiger charge is -2.25. The van der Waals surface area contributed by atoms with E-state index in [1.165, 1.54) is 24.8 Å². The molecule has 0 N–H and O–H groups in total. The van der Waals surface area contributed by atoms with Crippen LogP contribution >= 0.6 is 31.9 Å². The molecule has 1 aliphatic carbocycles. The fourth-order valence-corrected chi connectivity index (χ4v) is 3.33. The Morgan fingerprint density at radius 3 is 2.58 bits per heavy atom. The highest BCUT2D eigenvalue weighted by Crippen LogP contribution is 2.39. The first kappa shape index (κ1) is 15.2. The van der Waals surface area contributed by atoms with Gasteiger partial charge >= 0.3 is 0 Å². The molecule has 0 heterocycles. The molecule has 1 fully saturated rings. The van der Waals surface area contributed by atoms with Crippen LogP contribution in [0.15, 0.2) is 16.6 Å². The van der Waals surface area contributed by atoms with Gasteiger partial charge < -0.3 is 9.47 Å². The molecular formula is C15H20Br2O2. The van der Waals surface area contributed by atoms with Crippen molar-refractivity contribution >= 4 is 31.9 Å². The third kappa shape index (κ3) is 4.12. The predicted octanol–water partition coefficient (Wildman–Crippen LogP) is 5.45. The molecule has 2 rings (SSSR count). The monoisotopic (exact) mass is 390 g/mol. The number of alkyl halides is 1. The molecular weight excluding hydrogens is 372 g/mol. The van der Waals surface area contributed by atoms with E-state index in [0.717, 1.165) is 34.1 Å². The maximum absolute atomic E-state index is 6.18. The smallest absolute Gasteiger partial charge is 0.175 e. The van der Waals surface area contributed by atoms with E-state index in [4.69, 9.17) is 9.47 Å². The Kier molecular flexibility index (Phi) is 6.02. The largest absolute Gasteiger partial charge is 0.490 e. The maximum Gasteiger partial charge on any atom is 0.175 e. The van der Waals surface area contributed by atoms with Crippen LogP contribution in [0, 0.1) is 0 Å². The van der Waals surface area contributed by atoms with Gasteiger partial charge in [-0.05, 0) is 66.2 Å². The fraction of sp³-hybridized carbons (Fsp3) is 0.600. The minimum absolute atomic E-state index is 0.332. The molecule has 0 aromatic heterocycles. The molecule has 0 spiro atoms. The van der Waals surface area contributed by atoms with E-state index in [2.05, 4.69) is 44.0 Å². The van der Waals surface area contributed by atoms with Gasteiger partial charge in [-0.1, -0.05) is 22.4 Å². The summed E-state index contributed by atoms with van der Waals surface area (Å²) in [5, 5.41) is 0.815. The third-order valence-electron chi connectivity index (χ3n) is 3.36. The maximum atomic E-state index is 6.18. The van der Waals surface area contributed by atoms with Crippen molar-refractivity contribution in [2.75, 3.05) is 6.61 Å². The third-order valence-corrected chi connectivity index (χ3v) is 4.60. The highest BCUT2D eigenvalue weighted by Gasteiger charge is 2.19. The van der Waals surface area contributed by atoms with Crippen LogP contribution in [-0.4, -0.2) is 12.7 Å². The number of hydrogen-bond acceptors (Lipinski definition) is 2. The molecule has 106 valence electrons. The number of hydrogen-bond donors (Lipinski definition) is 0. The molecule has 0 radical (unpaired) electrons. The van der Waals surface area contributed by atoms with Crippen molar-refractivity contribution in [3.05, 3.63) is 22.2 Å². The lowest BCUT2D eigenvalue weighted by molar-refractivity contribution is 0.146. The van der Waals surface area contributed by atoms with Gasteiger partial charge in [0, 0.05) is 5.33 Å². The molecule has 4 heteroatoms. The number of halogens is 2. The summed E-state index contributed by atoms with van der Waals surface area (Å²) in [4.78, 5) is 0. The topological polar surface area (TPSA) is 18.5 Å². The number of rotatable bonds is 5. The Morgan fingerprint density at radius 2 is 1.95 bits per heavy atom. The average Bonchev–Trinajstić information content (AvgIpc) is 2.43. The summed E-state index contributed by atoms with van der Waals surface area (Å²) in [5.41, 5.74) is 1.19. The predicted molar refractivity (Wildman–Crippen MR) is 85.4 cm³/mol. The van der Waals surface area contributed by atoms with E-state index in [1.54, 1.807) is 0 Å². The minimum Gasteiger partial charge on any atom is -0.490 e. The molecule has 0 unspecified atom stereocenters. The van der Waals surface area contributed by atoms with Crippen LogP contribution in [0.4, 0.5) is 0 Å². The molecule has 0 saturated heterocycles. The summed E-state index contributed by atoms with van der Waals surface area (Å²) in [6.07, 6.45) is 6.51. The molecule has 1 aromatic rings. The SMILES string of the molecule is CCOc1cc(CBr)cc(Br)c1OC1CCCCC1. The van der Waals surface area contributed by atoms with Gasteiger partial charge in [-0.2, -0.15) is 0 Å². The van der Waals surface area contributed by atoms with Gasteiger partial charge in [-0.25, -0.2) is 0 Å². The lowest BCUT2D eigenvalue weighted by Crippen LogP contribution is -2.20. The summed E-state index contributed by atoms with van der Waals surface area (Å²) in [6, 6.07) is 4.15. The zero-order valence-corrected chi connectivity index (χ0v) is 14.4. The first-order valence-electron chi connectivity index (χ1n) is 6.92. The van der Waals surface area contributed by atoms with Gasteiger partial charge in [0.2, 0.25) is 0 Å². The van der Waals surface area contributed by atoms with E-state index < -0.39 is 0 Å². The van der Waals surface area contributed by atoms with E-state index in [0.29, 0.717) is 12.7 Å². The van der Waals surface area contributed by atoms with Gasteiger partial charge in [-0.15, -0.1) is 0 Å². The molecule has 0 aliphatic heterocycles. The molecule has 2 nitrogen and oxygen atoms in total. The molecule has 0 amide bonds. The van der Waals surface area contributed by atoms with Gasteiger partial charge in [0.05, 0.1) is 17.2 Å². The molecule has 1 saturated carbocycles. The second-order valence-corrected chi connectivity index (χ2v) is 6.26. The number of ether oxygens (including phenoxy) is 2. The van der Waals surface area contributed by atoms with Crippen LogP contribution < -0.4 is 9.47 Å². The van der Waals surface area contributed by atoms with Crippen LogP contribution in [0.1, 0.15) is 44.6 Å². The Hall–Kier alpha value is -0.220. The number of benzene rings is 1. The summed E-state index contributed by atoms with van der Waals surface area (Å²) >= 11 is 7.09. The van der Waals surface area contributed by atoms with Gasteiger partial charge in [-0.3, -0.25) is 0 Å². The summed E-state index contributed by atoms with van der Waals surface area (Å²) in [6.45, 7) is 2.65. The van der Waals surface area contributed by atoms with Gasteiger partial charge in [0.1, 0.15) is 0 Å². The highest BCUT2D eigenvalue weighted by molar-refractivity contribution is 9.10. The van der Waals surface area contributed by atoms with Gasteiger partial charge in [0.15, 0.2) is 11.5 Å². The van der Waals surface area contributed by atoms with Crippen LogP contribution in [0.5, 0.6) is 11.5 Å². The van der Waals surface area contributed by atoms with E-state index in [9.17, 15) is 0 Å². The second kappa shape index (κ2) is 7.53. The van der Waals surface area contributed by atoms with Crippen LogP contribution in [0.3, 0.4) is 0 Å². The molecule has 0 atom stereocenters. The van der Waals surface area contributed by atoms with Crippen molar-refractivity contribution in [1.82, 2.24) is 0 Å². The standard InChI is InChI=1S/C15H20Br2O2/c1-2-18-14-9-11(10-16)8-13(17)15(14)19-12-6-4-3-5-7-12/h8-9,12H,2-7,10H2,1H3. The van der Waals surface area contributed by atoms with Crippen molar-refractivity contribution < 1.29 is 9.47 Å².